The lowest BCUT2D eigenvalue weighted by Crippen LogP contribution is -2.04. The van der Waals surface area contributed by atoms with E-state index in [9.17, 15) is 4.79 Å². The number of rotatable bonds is 5. The number of aryl methyl sites for hydroxylation is 2. The first-order valence-electron chi connectivity index (χ1n) is 6.59. The van der Waals surface area contributed by atoms with Gasteiger partial charge in [-0.3, -0.25) is 0 Å². The fourth-order valence-electron chi connectivity index (χ4n) is 1.88. The maximum absolute atomic E-state index is 11.1. The molecule has 6 heteroatoms. The van der Waals surface area contributed by atoms with E-state index >= 15 is 0 Å². The van der Waals surface area contributed by atoms with E-state index < -0.39 is 5.97 Å². The van der Waals surface area contributed by atoms with Crippen molar-refractivity contribution in [3.8, 4) is 5.88 Å². The number of carboxylic acids is 1. The van der Waals surface area contributed by atoms with E-state index in [2.05, 4.69) is 15.3 Å². The number of aromatic nitrogens is 2. The van der Waals surface area contributed by atoms with Crippen LogP contribution in [-0.2, 0) is 0 Å². The normalized spacial score (nSPS) is 10.2. The molecule has 1 heterocycles. The van der Waals surface area contributed by atoms with Crippen LogP contribution in [0.5, 0.6) is 5.88 Å². The molecular weight excluding hydrogens is 270 g/mol. The molecule has 0 unspecified atom stereocenters. The Hall–Kier alpha value is -2.63. The van der Waals surface area contributed by atoms with E-state index in [1.165, 1.54) is 0 Å². The van der Waals surface area contributed by atoms with Crippen LogP contribution >= 0.6 is 0 Å². The molecule has 21 heavy (non-hydrogen) atoms. The number of carboxylic acid groups (broad SMARTS) is 1. The maximum Gasteiger partial charge on any atom is 0.336 e. The van der Waals surface area contributed by atoms with Gasteiger partial charge in [-0.15, -0.1) is 0 Å². The number of hydrogen-bond acceptors (Lipinski definition) is 5. The Bertz CT molecular complexity index is 671. The Morgan fingerprint density at radius 2 is 2.05 bits per heavy atom. The van der Waals surface area contributed by atoms with Crippen molar-refractivity contribution in [2.24, 2.45) is 0 Å². The van der Waals surface area contributed by atoms with E-state index in [1.54, 1.807) is 31.2 Å². The molecule has 6 nitrogen and oxygen atoms in total. The van der Waals surface area contributed by atoms with Gasteiger partial charge in [0.1, 0.15) is 0 Å². The van der Waals surface area contributed by atoms with Gasteiger partial charge in [0.05, 0.1) is 12.2 Å². The topological polar surface area (TPSA) is 84.3 Å². The second-order valence-corrected chi connectivity index (χ2v) is 4.56. The summed E-state index contributed by atoms with van der Waals surface area (Å²) in [5.41, 5.74) is 2.33. The lowest BCUT2D eigenvalue weighted by Gasteiger charge is -2.10. The van der Waals surface area contributed by atoms with Crippen LogP contribution in [-0.4, -0.2) is 27.7 Å². The molecule has 0 aliphatic heterocycles. The second-order valence-electron chi connectivity index (χ2n) is 4.56. The van der Waals surface area contributed by atoms with E-state index in [1.807, 2.05) is 13.8 Å². The van der Waals surface area contributed by atoms with Gasteiger partial charge in [-0.2, -0.15) is 4.98 Å². The predicted molar refractivity (Wildman–Crippen MR) is 79.4 cm³/mol. The third-order valence-corrected chi connectivity index (χ3v) is 2.85. The van der Waals surface area contributed by atoms with Crippen LogP contribution in [0.4, 0.5) is 11.6 Å². The minimum absolute atomic E-state index is 0.248. The standard InChI is InChI=1S/C15H17N3O3/c1-4-21-13-7-10(3)16-15(18-13)17-11-6-5-9(2)12(8-11)14(19)20/h5-8H,4H2,1-3H3,(H,19,20)(H,16,17,18). The summed E-state index contributed by atoms with van der Waals surface area (Å²) < 4.78 is 5.36. The van der Waals surface area contributed by atoms with Crippen molar-refractivity contribution in [3.63, 3.8) is 0 Å². The van der Waals surface area contributed by atoms with Crippen molar-refractivity contribution in [1.82, 2.24) is 9.97 Å². The molecule has 0 spiro atoms. The van der Waals surface area contributed by atoms with Crippen molar-refractivity contribution in [1.29, 1.82) is 0 Å². The molecule has 2 N–H and O–H groups in total. The highest BCUT2D eigenvalue weighted by Crippen LogP contribution is 2.20. The van der Waals surface area contributed by atoms with Gasteiger partial charge in [0, 0.05) is 17.4 Å². The van der Waals surface area contributed by atoms with Gasteiger partial charge in [0.2, 0.25) is 11.8 Å². The van der Waals surface area contributed by atoms with E-state index in [0.29, 0.717) is 29.7 Å². The number of anilines is 2. The fraction of sp³-hybridized carbons (Fsp3) is 0.267. The summed E-state index contributed by atoms with van der Waals surface area (Å²) in [6.45, 7) is 5.99. The average Bonchev–Trinajstić information content (AvgIpc) is 2.40. The molecular formula is C15H17N3O3. The van der Waals surface area contributed by atoms with Gasteiger partial charge in [0.25, 0.3) is 0 Å². The average molecular weight is 287 g/mol. The molecule has 0 saturated carbocycles. The van der Waals surface area contributed by atoms with Crippen LogP contribution in [0.15, 0.2) is 24.3 Å². The quantitative estimate of drug-likeness (QED) is 0.879. The molecule has 0 aliphatic carbocycles. The number of hydrogen-bond donors (Lipinski definition) is 2. The Labute approximate surface area is 122 Å². The Morgan fingerprint density at radius 1 is 1.29 bits per heavy atom. The van der Waals surface area contributed by atoms with Crippen LogP contribution < -0.4 is 10.1 Å². The molecule has 110 valence electrons. The molecule has 0 bridgehead atoms. The van der Waals surface area contributed by atoms with Crippen LogP contribution in [0.3, 0.4) is 0 Å². The van der Waals surface area contributed by atoms with Crippen LogP contribution in [0, 0.1) is 13.8 Å². The summed E-state index contributed by atoms with van der Waals surface area (Å²) >= 11 is 0. The fourth-order valence-corrected chi connectivity index (χ4v) is 1.88. The van der Waals surface area contributed by atoms with Crippen LogP contribution in [0.25, 0.3) is 0 Å². The molecule has 0 aliphatic rings. The number of carbonyl (C=O) groups is 1. The van der Waals surface area contributed by atoms with Gasteiger partial charge >= 0.3 is 5.97 Å². The number of aromatic carboxylic acids is 1. The molecule has 2 rings (SSSR count). The lowest BCUT2D eigenvalue weighted by molar-refractivity contribution is 0.0696. The largest absolute Gasteiger partial charge is 0.478 e. The zero-order valence-electron chi connectivity index (χ0n) is 12.2. The van der Waals surface area contributed by atoms with Gasteiger partial charge in [-0.05, 0) is 38.5 Å². The van der Waals surface area contributed by atoms with E-state index in [4.69, 9.17) is 9.84 Å². The lowest BCUT2D eigenvalue weighted by atomic mass is 10.1. The SMILES string of the molecule is CCOc1cc(C)nc(Nc2ccc(C)c(C(=O)O)c2)n1. The smallest absolute Gasteiger partial charge is 0.336 e. The summed E-state index contributed by atoms with van der Waals surface area (Å²) in [6, 6.07) is 6.83. The monoisotopic (exact) mass is 287 g/mol. The van der Waals surface area contributed by atoms with Gasteiger partial charge in [-0.25, -0.2) is 9.78 Å². The van der Waals surface area contributed by atoms with Crippen molar-refractivity contribution >= 4 is 17.6 Å². The summed E-state index contributed by atoms with van der Waals surface area (Å²) in [7, 11) is 0. The zero-order chi connectivity index (χ0) is 15.4. The number of benzene rings is 1. The number of nitrogens with zero attached hydrogens (tertiary/aromatic N) is 2. The summed E-state index contributed by atoms with van der Waals surface area (Å²) in [6.07, 6.45) is 0. The first-order valence-corrected chi connectivity index (χ1v) is 6.59. The number of nitrogens with one attached hydrogen (secondary N) is 1. The molecule has 1 aromatic heterocycles. The van der Waals surface area contributed by atoms with Crippen molar-refractivity contribution in [2.75, 3.05) is 11.9 Å². The van der Waals surface area contributed by atoms with Crippen LogP contribution in [0.2, 0.25) is 0 Å². The Morgan fingerprint density at radius 3 is 2.71 bits per heavy atom. The Balaban J connectivity index is 2.29. The van der Waals surface area contributed by atoms with Gasteiger partial charge in [-0.1, -0.05) is 6.07 Å². The first-order chi connectivity index (χ1) is 9.99. The number of ether oxygens (including phenoxy) is 1. The minimum Gasteiger partial charge on any atom is -0.478 e. The second kappa shape index (κ2) is 6.21. The molecule has 1 aromatic carbocycles. The van der Waals surface area contributed by atoms with Crippen molar-refractivity contribution < 1.29 is 14.6 Å². The van der Waals surface area contributed by atoms with E-state index in [0.717, 1.165) is 5.69 Å². The summed E-state index contributed by atoms with van der Waals surface area (Å²) in [4.78, 5) is 19.6. The van der Waals surface area contributed by atoms with Gasteiger partial charge < -0.3 is 15.2 Å². The first kappa shape index (κ1) is 14.8. The molecule has 0 radical (unpaired) electrons. The molecule has 0 fully saturated rings. The maximum atomic E-state index is 11.1. The third kappa shape index (κ3) is 3.68. The van der Waals surface area contributed by atoms with Crippen molar-refractivity contribution in [3.05, 3.63) is 41.1 Å². The highest BCUT2D eigenvalue weighted by atomic mass is 16.5. The molecule has 2 aromatic rings. The molecule has 0 saturated heterocycles. The molecule has 0 atom stereocenters. The van der Waals surface area contributed by atoms with Gasteiger partial charge in [0.15, 0.2) is 0 Å². The van der Waals surface area contributed by atoms with E-state index in [-0.39, 0.29) is 5.56 Å². The minimum atomic E-state index is -0.962. The highest BCUT2D eigenvalue weighted by Gasteiger charge is 2.09. The molecule has 0 amide bonds. The third-order valence-electron chi connectivity index (χ3n) is 2.85. The van der Waals surface area contributed by atoms with Crippen LogP contribution in [0.1, 0.15) is 28.5 Å². The Kier molecular flexibility index (Phi) is 4.37. The predicted octanol–water partition coefficient (Wildman–Crippen LogP) is 2.93. The summed E-state index contributed by atoms with van der Waals surface area (Å²) in [5, 5.41) is 12.1. The highest BCUT2D eigenvalue weighted by molar-refractivity contribution is 5.90. The summed E-state index contributed by atoms with van der Waals surface area (Å²) in [5.74, 6) is -0.104. The van der Waals surface area contributed by atoms with Crippen molar-refractivity contribution in [2.45, 2.75) is 20.8 Å². The zero-order valence-corrected chi connectivity index (χ0v) is 12.2.